The highest BCUT2D eigenvalue weighted by Crippen LogP contribution is 2.28. The molecule has 0 radical (unpaired) electrons. The first kappa shape index (κ1) is 15.0. The summed E-state index contributed by atoms with van der Waals surface area (Å²) in [6.07, 6.45) is 1.39. The minimum Gasteiger partial charge on any atom is -0.342 e. The number of carbonyl (C=O) groups is 1. The predicted molar refractivity (Wildman–Crippen MR) is 82.6 cm³/mol. The van der Waals surface area contributed by atoms with Crippen LogP contribution in [0.2, 0.25) is 0 Å². The molecule has 3 heteroatoms. The molecule has 1 aromatic carbocycles. The van der Waals surface area contributed by atoms with E-state index >= 15 is 0 Å². The van der Waals surface area contributed by atoms with Gasteiger partial charge in [-0.1, -0.05) is 37.6 Å². The van der Waals surface area contributed by atoms with Crippen LogP contribution in [-0.2, 0) is 11.2 Å². The Kier molecular flexibility index (Phi) is 4.19. The van der Waals surface area contributed by atoms with Gasteiger partial charge in [-0.15, -0.1) is 0 Å². The number of amides is 1. The summed E-state index contributed by atoms with van der Waals surface area (Å²) in [4.78, 5) is 14.5. The van der Waals surface area contributed by atoms with Crippen molar-refractivity contribution in [2.45, 2.75) is 46.6 Å². The number of rotatable bonds is 2. The van der Waals surface area contributed by atoms with Gasteiger partial charge in [-0.3, -0.25) is 4.79 Å². The van der Waals surface area contributed by atoms with Crippen LogP contribution >= 0.6 is 0 Å². The Balaban J connectivity index is 2.07. The maximum Gasteiger partial charge on any atom is 0.227 e. The van der Waals surface area contributed by atoms with E-state index in [1.165, 1.54) is 11.1 Å². The fourth-order valence-electron chi connectivity index (χ4n) is 2.85. The van der Waals surface area contributed by atoms with E-state index in [0.29, 0.717) is 6.42 Å². The lowest BCUT2D eigenvalue weighted by molar-refractivity contribution is -0.133. The molecule has 0 spiro atoms. The molecular formula is C17H26N2O. The summed E-state index contributed by atoms with van der Waals surface area (Å²) in [6.45, 7) is 9.98. The number of benzene rings is 1. The van der Waals surface area contributed by atoms with Crippen molar-refractivity contribution in [1.29, 1.82) is 0 Å². The Hall–Kier alpha value is -1.35. The second-order valence-corrected chi connectivity index (χ2v) is 6.81. The topological polar surface area (TPSA) is 46.3 Å². The summed E-state index contributed by atoms with van der Waals surface area (Å²) in [6, 6.07) is 6.49. The van der Waals surface area contributed by atoms with Crippen molar-refractivity contribution in [3.05, 3.63) is 34.9 Å². The van der Waals surface area contributed by atoms with Gasteiger partial charge in [-0.25, -0.2) is 0 Å². The first-order valence-corrected chi connectivity index (χ1v) is 7.39. The summed E-state index contributed by atoms with van der Waals surface area (Å²) in [7, 11) is 0. The van der Waals surface area contributed by atoms with Crippen molar-refractivity contribution in [2.75, 3.05) is 13.1 Å². The lowest BCUT2D eigenvalue weighted by Crippen LogP contribution is -2.54. The van der Waals surface area contributed by atoms with E-state index in [-0.39, 0.29) is 17.4 Å². The number of carbonyl (C=O) groups excluding carboxylic acids is 1. The van der Waals surface area contributed by atoms with Crippen LogP contribution in [-0.4, -0.2) is 29.9 Å². The Labute approximate surface area is 122 Å². The van der Waals surface area contributed by atoms with Crippen LogP contribution in [0.1, 0.15) is 37.0 Å². The maximum absolute atomic E-state index is 12.5. The third-order valence-corrected chi connectivity index (χ3v) is 4.51. The zero-order valence-corrected chi connectivity index (χ0v) is 13.1. The standard InChI is InChI=1S/C17H26N2O/c1-12-5-6-13(2)14(9-12)10-16(20)19-8-7-15(18)17(3,4)11-19/h5-6,9,15H,7-8,10-11,18H2,1-4H3. The Morgan fingerprint density at radius 3 is 2.75 bits per heavy atom. The summed E-state index contributed by atoms with van der Waals surface area (Å²) in [5, 5.41) is 0. The van der Waals surface area contributed by atoms with Crippen molar-refractivity contribution >= 4 is 5.91 Å². The van der Waals surface area contributed by atoms with Crippen molar-refractivity contribution in [3.8, 4) is 0 Å². The monoisotopic (exact) mass is 274 g/mol. The van der Waals surface area contributed by atoms with Gasteiger partial charge in [-0.05, 0) is 36.8 Å². The molecule has 2 rings (SSSR count). The molecule has 1 heterocycles. The summed E-state index contributed by atoms with van der Waals surface area (Å²) < 4.78 is 0. The van der Waals surface area contributed by atoms with Crippen molar-refractivity contribution in [1.82, 2.24) is 4.90 Å². The van der Waals surface area contributed by atoms with Crippen LogP contribution in [0.5, 0.6) is 0 Å². The van der Waals surface area contributed by atoms with Crippen molar-refractivity contribution in [2.24, 2.45) is 11.1 Å². The number of hydrogen-bond donors (Lipinski definition) is 1. The van der Waals surface area contributed by atoms with E-state index in [1.54, 1.807) is 0 Å². The van der Waals surface area contributed by atoms with Crippen LogP contribution < -0.4 is 5.73 Å². The largest absolute Gasteiger partial charge is 0.342 e. The van der Waals surface area contributed by atoms with Gasteiger partial charge in [0, 0.05) is 19.1 Å². The number of aryl methyl sites for hydroxylation is 2. The first-order valence-electron chi connectivity index (χ1n) is 7.39. The molecule has 1 unspecified atom stereocenters. The molecule has 1 aromatic rings. The van der Waals surface area contributed by atoms with Crippen LogP contribution in [0.3, 0.4) is 0 Å². The van der Waals surface area contributed by atoms with Gasteiger partial charge in [-0.2, -0.15) is 0 Å². The zero-order chi connectivity index (χ0) is 14.9. The third kappa shape index (κ3) is 3.21. The van der Waals surface area contributed by atoms with E-state index in [9.17, 15) is 4.79 Å². The highest BCUT2D eigenvalue weighted by Gasteiger charge is 2.35. The molecule has 110 valence electrons. The lowest BCUT2D eigenvalue weighted by atomic mass is 9.79. The molecule has 1 amide bonds. The number of nitrogens with two attached hydrogens (primary N) is 1. The SMILES string of the molecule is Cc1ccc(C)c(CC(=O)N2CCC(N)C(C)(C)C2)c1. The van der Waals surface area contributed by atoms with Crippen LogP contribution in [0.15, 0.2) is 18.2 Å². The molecule has 0 aliphatic carbocycles. The van der Waals surface area contributed by atoms with Gasteiger partial charge in [0.2, 0.25) is 5.91 Å². The van der Waals surface area contributed by atoms with Crippen LogP contribution in [0, 0.1) is 19.3 Å². The molecule has 0 aromatic heterocycles. The normalized spacial score (nSPS) is 21.9. The molecule has 1 atom stereocenters. The average Bonchev–Trinajstić information content (AvgIpc) is 2.37. The lowest BCUT2D eigenvalue weighted by Gasteiger charge is -2.42. The second-order valence-electron chi connectivity index (χ2n) is 6.81. The quantitative estimate of drug-likeness (QED) is 0.900. The fraction of sp³-hybridized carbons (Fsp3) is 0.588. The third-order valence-electron chi connectivity index (χ3n) is 4.51. The summed E-state index contributed by atoms with van der Waals surface area (Å²) >= 11 is 0. The number of hydrogen-bond acceptors (Lipinski definition) is 2. The van der Waals surface area contributed by atoms with E-state index < -0.39 is 0 Å². The van der Waals surface area contributed by atoms with Gasteiger partial charge < -0.3 is 10.6 Å². The van der Waals surface area contributed by atoms with Gasteiger partial charge in [0.15, 0.2) is 0 Å². The summed E-state index contributed by atoms with van der Waals surface area (Å²) in [5.74, 6) is 0.221. The number of likely N-dealkylation sites (tertiary alicyclic amines) is 1. The number of piperidine rings is 1. The first-order chi connectivity index (χ1) is 9.29. The van der Waals surface area contributed by atoms with Crippen LogP contribution in [0.25, 0.3) is 0 Å². The van der Waals surface area contributed by atoms with Crippen LogP contribution in [0.4, 0.5) is 0 Å². The molecule has 2 N–H and O–H groups in total. The van der Waals surface area contributed by atoms with Crippen molar-refractivity contribution in [3.63, 3.8) is 0 Å². The van der Waals surface area contributed by atoms with Gasteiger partial charge in [0.25, 0.3) is 0 Å². The maximum atomic E-state index is 12.5. The second kappa shape index (κ2) is 5.57. The van der Waals surface area contributed by atoms with Crippen molar-refractivity contribution < 1.29 is 4.79 Å². The minimum absolute atomic E-state index is 0.00948. The molecule has 0 bridgehead atoms. The molecule has 1 aliphatic rings. The number of nitrogens with zero attached hydrogens (tertiary/aromatic N) is 1. The van der Waals surface area contributed by atoms with Gasteiger partial charge in [0.1, 0.15) is 0 Å². The molecule has 3 nitrogen and oxygen atoms in total. The minimum atomic E-state index is 0.00948. The highest BCUT2D eigenvalue weighted by atomic mass is 16.2. The van der Waals surface area contributed by atoms with E-state index in [4.69, 9.17) is 5.73 Å². The molecule has 1 saturated heterocycles. The highest BCUT2D eigenvalue weighted by molar-refractivity contribution is 5.79. The predicted octanol–water partition coefficient (Wildman–Crippen LogP) is 2.43. The van der Waals surface area contributed by atoms with E-state index in [1.807, 2.05) is 4.90 Å². The molecule has 1 fully saturated rings. The van der Waals surface area contributed by atoms with Gasteiger partial charge >= 0.3 is 0 Å². The van der Waals surface area contributed by atoms with E-state index in [0.717, 1.165) is 25.1 Å². The Morgan fingerprint density at radius 1 is 1.40 bits per heavy atom. The van der Waals surface area contributed by atoms with E-state index in [2.05, 4.69) is 45.9 Å². The summed E-state index contributed by atoms with van der Waals surface area (Å²) in [5.41, 5.74) is 9.68. The molecule has 20 heavy (non-hydrogen) atoms. The fourth-order valence-corrected chi connectivity index (χ4v) is 2.85. The molecular weight excluding hydrogens is 248 g/mol. The Bertz CT molecular complexity index is 508. The smallest absolute Gasteiger partial charge is 0.227 e. The Morgan fingerprint density at radius 2 is 2.10 bits per heavy atom. The average molecular weight is 274 g/mol. The van der Waals surface area contributed by atoms with Gasteiger partial charge in [0.05, 0.1) is 6.42 Å². The zero-order valence-electron chi connectivity index (χ0n) is 13.1. The molecule has 1 aliphatic heterocycles. The molecule has 0 saturated carbocycles.